The fraction of sp³-hybridized carbons (Fsp3) is 0.375. The molecule has 1 amide bonds. The first-order valence-corrected chi connectivity index (χ1v) is 9.44. The van der Waals surface area contributed by atoms with Crippen molar-refractivity contribution in [3.05, 3.63) is 40.4 Å². The maximum atomic E-state index is 13.1. The number of aromatic nitrogens is 1. The first-order chi connectivity index (χ1) is 11.5. The van der Waals surface area contributed by atoms with Crippen molar-refractivity contribution in [1.29, 1.82) is 0 Å². The normalized spacial score (nSPS) is 14.5. The summed E-state index contributed by atoms with van der Waals surface area (Å²) in [4.78, 5) is 20.6. The number of thioether (sulfide) groups is 1. The maximum Gasteiger partial charge on any atom is 0.236 e. The SMILES string of the molecule is CCN1CCc2nc(NC(=O)CSc3ccc(F)c(F)c3)sc2C1. The molecule has 1 aliphatic heterocycles. The molecule has 1 aromatic heterocycles. The van der Waals surface area contributed by atoms with E-state index in [0.29, 0.717) is 10.0 Å². The molecular weight excluding hydrogens is 352 g/mol. The Hall–Kier alpha value is -1.51. The Morgan fingerprint density at radius 3 is 3.00 bits per heavy atom. The molecule has 0 radical (unpaired) electrons. The van der Waals surface area contributed by atoms with Crippen LogP contribution >= 0.6 is 23.1 Å². The number of fused-ring (bicyclic) bond motifs is 1. The Balaban J connectivity index is 1.55. The molecule has 0 fully saturated rings. The smallest absolute Gasteiger partial charge is 0.236 e. The molecule has 0 saturated heterocycles. The monoisotopic (exact) mass is 369 g/mol. The summed E-state index contributed by atoms with van der Waals surface area (Å²) in [6.45, 7) is 5.00. The molecule has 0 spiro atoms. The Morgan fingerprint density at radius 2 is 2.25 bits per heavy atom. The fourth-order valence-corrected chi connectivity index (χ4v) is 4.23. The lowest BCUT2D eigenvalue weighted by Gasteiger charge is -2.23. The fourth-order valence-electron chi connectivity index (χ4n) is 2.44. The molecule has 3 rings (SSSR count). The van der Waals surface area contributed by atoms with Crippen LogP contribution in [0.1, 0.15) is 17.5 Å². The number of nitrogens with one attached hydrogen (secondary N) is 1. The number of anilines is 1. The van der Waals surface area contributed by atoms with Gasteiger partial charge in [-0.15, -0.1) is 23.1 Å². The second-order valence-electron chi connectivity index (χ2n) is 5.42. The first kappa shape index (κ1) is 17.3. The zero-order valence-electron chi connectivity index (χ0n) is 13.1. The third kappa shape index (κ3) is 4.12. The number of amides is 1. The van der Waals surface area contributed by atoms with Crippen molar-refractivity contribution in [1.82, 2.24) is 9.88 Å². The van der Waals surface area contributed by atoms with Crippen molar-refractivity contribution in [3.8, 4) is 0 Å². The molecule has 0 saturated carbocycles. The van der Waals surface area contributed by atoms with Crippen molar-refractivity contribution >= 4 is 34.1 Å². The van der Waals surface area contributed by atoms with Crippen molar-refractivity contribution < 1.29 is 13.6 Å². The molecule has 8 heteroatoms. The minimum Gasteiger partial charge on any atom is -0.301 e. The molecule has 4 nitrogen and oxygen atoms in total. The molecule has 0 bridgehead atoms. The quantitative estimate of drug-likeness (QED) is 0.819. The molecule has 128 valence electrons. The number of hydrogen-bond donors (Lipinski definition) is 1. The molecule has 1 aromatic carbocycles. The van der Waals surface area contributed by atoms with Crippen LogP contribution in [0.25, 0.3) is 0 Å². The minimum atomic E-state index is -0.909. The number of likely N-dealkylation sites (N-methyl/N-ethyl adjacent to an activating group) is 1. The third-order valence-corrected chi connectivity index (χ3v) is 5.76. The van der Waals surface area contributed by atoms with Crippen LogP contribution in [0.3, 0.4) is 0 Å². The summed E-state index contributed by atoms with van der Waals surface area (Å²) < 4.78 is 26.0. The largest absolute Gasteiger partial charge is 0.301 e. The number of nitrogens with zero attached hydrogens (tertiary/aromatic N) is 2. The van der Waals surface area contributed by atoms with Gasteiger partial charge in [-0.2, -0.15) is 0 Å². The summed E-state index contributed by atoms with van der Waals surface area (Å²) >= 11 is 2.66. The predicted molar refractivity (Wildman–Crippen MR) is 92.5 cm³/mol. The third-order valence-electron chi connectivity index (χ3n) is 3.76. The number of hydrogen-bond acceptors (Lipinski definition) is 5. The number of thiazole rings is 1. The van der Waals surface area contributed by atoms with Crippen LogP contribution in [-0.4, -0.2) is 34.6 Å². The Morgan fingerprint density at radius 1 is 1.42 bits per heavy atom. The van der Waals surface area contributed by atoms with Crippen LogP contribution in [0, 0.1) is 11.6 Å². The van der Waals surface area contributed by atoms with Crippen LogP contribution in [-0.2, 0) is 17.8 Å². The highest BCUT2D eigenvalue weighted by Gasteiger charge is 2.20. The second-order valence-corrected chi connectivity index (χ2v) is 7.55. The highest BCUT2D eigenvalue weighted by Crippen LogP contribution is 2.28. The average Bonchev–Trinajstić information content (AvgIpc) is 2.97. The van der Waals surface area contributed by atoms with Crippen LogP contribution in [0.5, 0.6) is 0 Å². The highest BCUT2D eigenvalue weighted by atomic mass is 32.2. The number of benzene rings is 1. The van der Waals surface area contributed by atoms with Crippen molar-refractivity contribution in [2.45, 2.75) is 24.8 Å². The molecule has 1 aliphatic rings. The molecule has 2 heterocycles. The van der Waals surface area contributed by atoms with Gasteiger partial charge in [0.15, 0.2) is 16.8 Å². The van der Waals surface area contributed by atoms with E-state index < -0.39 is 11.6 Å². The molecular formula is C16H17F2N3OS2. The lowest BCUT2D eigenvalue weighted by Crippen LogP contribution is -2.29. The topological polar surface area (TPSA) is 45.2 Å². The van der Waals surface area contributed by atoms with Gasteiger partial charge in [-0.1, -0.05) is 6.92 Å². The summed E-state index contributed by atoms with van der Waals surface area (Å²) in [6, 6.07) is 3.61. The second kappa shape index (κ2) is 7.58. The van der Waals surface area contributed by atoms with Gasteiger partial charge in [0.25, 0.3) is 0 Å². The summed E-state index contributed by atoms with van der Waals surface area (Å²) in [5.74, 6) is -1.88. The van der Waals surface area contributed by atoms with E-state index in [1.54, 1.807) is 0 Å². The molecule has 24 heavy (non-hydrogen) atoms. The van der Waals surface area contributed by atoms with Gasteiger partial charge in [0, 0.05) is 29.3 Å². The van der Waals surface area contributed by atoms with E-state index in [4.69, 9.17) is 0 Å². The van der Waals surface area contributed by atoms with Crippen LogP contribution in [0.2, 0.25) is 0 Å². The van der Waals surface area contributed by atoms with Gasteiger partial charge < -0.3 is 5.32 Å². The van der Waals surface area contributed by atoms with E-state index in [1.165, 1.54) is 22.3 Å². The summed E-state index contributed by atoms with van der Waals surface area (Å²) in [7, 11) is 0. The summed E-state index contributed by atoms with van der Waals surface area (Å²) in [6.07, 6.45) is 0.902. The van der Waals surface area contributed by atoms with E-state index in [-0.39, 0.29) is 11.7 Å². The minimum absolute atomic E-state index is 0.121. The zero-order valence-corrected chi connectivity index (χ0v) is 14.8. The van der Waals surface area contributed by atoms with Gasteiger partial charge in [-0.3, -0.25) is 9.69 Å². The lowest BCUT2D eigenvalue weighted by atomic mass is 10.2. The van der Waals surface area contributed by atoms with Crippen LogP contribution < -0.4 is 5.32 Å². The van der Waals surface area contributed by atoms with Crippen LogP contribution in [0.15, 0.2) is 23.1 Å². The number of carbonyl (C=O) groups is 1. The number of carbonyl (C=O) groups excluding carboxylic acids is 1. The van der Waals surface area contributed by atoms with Crippen molar-refractivity contribution in [2.24, 2.45) is 0 Å². The van der Waals surface area contributed by atoms with Gasteiger partial charge in [-0.25, -0.2) is 13.8 Å². The summed E-state index contributed by atoms with van der Waals surface area (Å²) in [5.41, 5.74) is 1.06. The zero-order chi connectivity index (χ0) is 17.1. The Labute approximate surface area is 147 Å². The Kier molecular flexibility index (Phi) is 5.47. The van der Waals surface area contributed by atoms with Gasteiger partial charge in [0.1, 0.15) is 0 Å². The van der Waals surface area contributed by atoms with Gasteiger partial charge >= 0.3 is 0 Å². The molecule has 0 atom stereocenters. The average molecular weight is 369 g/mol. The van der Waals surface area contributed by atoms with E-state index in [2.05, 4.69) is 22.1 Å². The highest BCUT2D eigenvalue weighted by molar-refractivity contribution is 8.00. The first-order valence-electron chi connectivity index (χ1n) is 7.63. The van der Waals surface area contributed by atoms with E-state index >= 15 is 0 Å². The predicted octanol–water partition coefficient (Wildman–Crippen LogP) is 3.53. The standard InChI is InChI=1S/C16H17F2N3OS2/c1-2-21-6-5-13-14(8-21)24-16(19-13)20-15(22)9-23-10-3-4-11(17)12(18)7-10/h3-4,7H,2,5-6,8-9H2,1H3,(H,19,20,22). The number of halogens is 2. The Bertz CT molecular complexity index is 751. The van der Waals surface area contributed by atoms with Gasteiger partial charge in [-0.05, 0) is 24.7 Å². The van der Waals surface area contributed by atoms with E-state index in [1.807, 2.05) is 0 Å². The molecule has 0 unspecified atom stereocenters. The molecule has 1 N–H and O–H groups in total. The summed E-state index contributed by atoms with van der Waals surface area (Å²) in [5, 5.41) is 3.39. The number of rotatable bonds is 5. The van der Waals surface area contributed by atoms with Crippen molar-refractivity contribution in [2.75, 3.05) is 24.2 Å². The molecule has 0 aliphatic carbocycles. The van der Waals surface area contributed by atoms with Gasteiger partial charge in [0.2, 0.25) is 5.91 Å². The maximum absolute atomic E-state index is 13.1. The van der Waals surface area contributed by atoms with E-state index in [0.717, 1.165) is 55.6 Å². The molecule has 2 aromatic rings. The lowest BCUT2D eigenvalue weighted by molar-refractivity contribution is -0.113. The van der Waals surface area contributed by atoms with Crippen LogP contribution in [0.4, 0.5) is 13.9 Å². The van der Waals surface area contributed by atoms with Gasteiger partial charge in [0.05, 0.1) is 11.4 Å². The van der Waals surface area contributed by atoms with Crippen molar-refractivity contribution in [3.63, 3.8) is 0 Å². The van der Waals surface area contributed by atoms with E-state index in [9.17, 15) is 13.6 Å².